The average molecular weight is 409 g/mol. The molecule has 1 heterocycles. The molecule has 0 spiro atoms. The Morgan fingerprint density at radius 1 is 1.27 bits per heavy atom. The summed E-state index contributed by atoms with van der Waals surface area (Å²) in [5.74, 6) is 1.14. The molecule has 1 N–H and O–H groups in total. The van der Waals surface area contributed by atoms with E-state index >= 15 is 0 Å². The topological polar surface area (TPSA) is 64.4 Å². The van der Waals surface area contributed by atoms with Crippen molar-refractivity contribution in [2.45, 2.75) is 6.61 Å². The van der Waals surface area contributed by atoms with Crippen LogP contribution in [0.2, 0.25) is 10.0 Å². The van der Waals surface area contributed by atoms with Crippen molar-refractivity contribution >= 4 is 41.6 Å². The summed E-state index contributed by atoms with van der Waals surface area (Å²) in [4.78, 5) is 0. The molecule has 6 nitrogen and oxygen atoms in total. The van der Waals surface area contributed by atoms with Gasteiger partial charge in [0, 0.05) is 5.56 Å². The summed E-state index contributed by atoms with van der Waals surface area (Å²) in [7, 11) is 1.58. The van der Waals surface area contributed by atoms with Crippen molar-refractivity contribution in [3.8, 4) is 11.5 Å². The fourth-order valence-corrected chi connectivity index (χ4v) is 2.65. The Morgan fingerprint density at radius 2 is 2.12 bits per heavy atom. The van der Waals surface area contributed by atoms with Gasteiger partial charge in [0.25, 0.3) is 0 Å². The summed E-state index contributed by atoms with van der Waals surface area (Å²) in [6.45, 7) is 0.295. The molecule has 3 aromatic rings. The van der Waals surface area contributed by atoms with Gasteiger partial charge in [-0.25, -0.2) is 0 Å². The Kier molecular flexibility index (Phi) is 5.92. The fourth-order valence-electron chi connectivity index (χ4n) is 2.18. The third kappa shape index (κ3) is 4.24. The molecule has 0 atom stereocenters. The molecular weight excluding hydrogens is 395 g/mol. The van der Waals surface area contributed by atoms with Crippen LogP contribution in [0.4, 0.5) is 0 Å². The maximum atomic E-state index is 6.05. The second-order valence-electron chi connectivity index (χ2n) is 5.17. The number of nitrogens with zero attached hydrogens (tertiary/aromatic N) is 3. The molecule has 1 aromatic heterocycles. The molecule has 0 aliphatic heterocycles. The number of rotatable bonds is 6. The number of halogens is 2. The van der Waals surface area contributed by atoms with Crippen molar-refractivity contribution in [2.75, 3.05) is 7.11 Å². The van der Waals surface area contributed by atoms with Crippen LogP contribution >= 0.6 is 35.4 Å². The van der Waals surface area contributed by atoms with E-state index in [1.165, 1.54) is 11.0 Å². The zero-order valence-electron chi connectivity index (χ0n) is 13.6. The summed E-state index contributed by atoms with van der Waals surface area (Å²) in [5, 5.41) is 11.7. The molecule has 3 rings (SSSR count). The monoisotopic (exact) mass is 408 g/mol. The molecule has 0 fully saturated rings. The lowest BCUT2D eigenvalue weighted by molar-refractivity contribution is 0.284. The molecule has 0 radical (unpaired) electrons. The van der Waals surface area contributed by atoms with Gasteiger partial charge >= 0.3 is 0 Å². The van der Waals surface area contributed by atoms with Crippen molar-refractivity contribution in [1.82, 2.24) is 14.9 Å². The van der Waals surface area contributed by atoms with Crippen LogP contribution < -0.4 is 9.47 Å². The lowest BCUT2D eigenvalue weighted by Crippen LogP contribution is -2.01. The summed E-state index contributed by atoms with van der Waals surface area (Å²) in [5.41, 5.74) is 1.61. The first-order valence-corrected chi connectivity index (χ1v) is 8.65. The molecule has 0 amide bonds. The summed E-state index contributed by atoms with van der Waals surface area (Å²) < 4.78 is 13.2. The Hall–Kier alpha value is -2.35. The molecule has 0 aliphatic carbocycles. The quantitative estimate of drug-likeness (QED) is 0.473. The van der Waals surface area contributed by atoms with Gasteiger partial charge in [0.05, 0.1) is 23.4 Å². The van der Waals surface area contributed by atoms with Crippen LogP contribution in [0, 0.1) is 4.77 Å². The van der Waals surface area contributed by atoms with Gasteiger partial charge in [0.15, 0.2) is 11.5 Å². The van der Waals surface area contributed by atoms with Crippen LogP contribution in [-0.2, 0) is 6.61 Å². The van der Waals surface area contributed by atoms with Gasteiger partial charge in [-0.1, -0.05) is 35.3 Å². The Labute approximate surface area is 165 Å². The highest BCUT2D eigenvalue weighted by atomic mass is 35.5. The van der Waals surface area contributed by atoms with Crippen LogP contribution in [0.15, 0.2) is 47.8 Å². The Balaban J connectivity index is 1.87. The highest BCUT2D eigenvalue weighted by Gasteiger charge is 2.10. The van der Waals surface area contributed by atoms with E-state index < -0.39 is 0 Å². The molecule has 0 aliphatic rings. The van der Waals surface area contributed by atoms with Crippen molar-refractivity contribution in [3.05, 3.63) is 68.7 Å². The van der Waals surface area contributed by atoms with Crippen LogP contribution in [0.5, 0.6) is 11.5 Å². The molecule has 0 saturated heterocycles. The normalized spacial score (nSPS) is 11.0. The SMILES string of the molecule is COc1cccc(/C=N/n2cn[nH]c2=S)c1OCc1ccc(Cl)c(Cl)c1. The van der Waals surface area contributed by atoms with Gasteiger partial charge in [0.2, 0.25) is 4.77 Å². The number of ether oxygens (including phenoxy) is 2. The van der Waals surface area contributed by atoms with E-state index in [0.29, 0.717) is 32.9 Å². The first kappa shape index (κ1) is 18.4. The number of aromatic nitrogens is 3. The van der Waals surface area contributed by atoms with Crippen LogP contribution in [0.3, 0.4) is 0 Å². The maximum Gasteiger partial charge on any atom is 0.216 e. The first-order chi connectivity index (χ1) is 12.6. The van der Waals surface area contributed by atoms with Crippen LogP contribution in [-0.4, -0.2) is 28.2 Å². The zero-order chi connectivity index (χ0) is 18.5. The fraction of sp³-hybridized carbons (Fsp3) is 0.118. The number of benzene rings is 2. The minimum absolute atomic E-state index is 0.295. The minimum atomic E-state index is 0.295. The molecule has 2 aromatic carbocycles. The second kappa shape index (κ2) is 8.35. The van der Waals surface area contributed by atoms with E-state index in [0.717, 1.165) is 11.1 Å². The van der Waals surface area contributed by atoms with Crippen LogP contribution in [0.1, 0.15) is 11.1 Å². The van der Waals surface area contributed by atoms with E-state index in [1.807, 2.05) is 24.3 Å². The van der Waals surface area contributed by atoms with Crippen molar-refractivity contribution < 1.29 is 9.47 Å². The number of methoxy groups -OCH3 is 1. The van der Waals surface area contributed by atoms with Crippen molar-refractivity contribution in [3.63, 3.8) is 0 Å². The van der Waals surface area contributed by atoms with Crippen molar-refractivity contribution in [1.29, 1.82) is 0 Å². The molecule has 26 heavy (non-hydrogen) atoms. The third-order valence-corrected chi connectivity index (χ3v) is 4.47. The van der Waals surface area contributed by atoms with Gasteiger partial charge in [-0.2, -0.15) is 14.9 Å². The lowest BCUT2D eigenvalue weighted by Gasteiger charge is -2.13. The molecule has 0 saturated carbocycles. The predicted molar refractivity (Wildman–Crippen MR) is 104 cm³/mol. The minimum Gasteiger partial charge on any atom is -0.493 e. The Bertz CT molecular complexity index is 1000. The number of nitrogens with one attached hydrogen (secondary N) is 1. The largest absolute Gasteiger partial charge is 0.493 e. The van der Waals surface area contributed by atoms with Crippen molar-refractivity contribution in [2.24, 2.45) is 5.10 Å². The van der Waals surface area contributed by atoms with Gasteiger partial charge in [-0.05, 0) is 42.0 Å². The molecule has 0 bridgehead atoms. The van der Waals surface area contributed by atoms with E-state index in [1.54, 1.807) is 25.5 Å². The van der Waals surface area contributed by atoms with Gasteiger partial charge in [0.1, 0.15) is 12.9 Å². The van der Waals surface area contributed by atoms with E-state index in [9.17, 15) is 0 Å². The van der Waals surface area contributed by atoms with Gasteiger partial charge in [-0.15, -0.1) is 0 Å². The smallest absolute Gasteiger partial charge is 0.216 e. The maximum absolute atomic E-state index is 6.05. The van der Waals surface area contributed by atoms with Gasteiger partial charge < -0.3 is 9.47 Å². The number of para-hydroxylation sites is 1. The zero-order valence-corrected chi connectivity index (χ0v) is 16.0. The number of hydrogen-bond acceptors (Lipinski definition) is 5. The standard InChI is InChI=1S/C17H14Cl2N4O2S/c1-24-15-4-2-3-12(8-21-23-10-20-22-17(23)26)16(15)25-9-11-5-6-13(18)14(19)7-11/h2-8,10H,9H2,1H3,(H,22,26)/b21-8+. The van der Waals surface area contributed by atoms with E-state index in [4.69, 9.17) is 44.9 Å². The second-order valence-corrected chi connectivity index (χ2v) is 6.37. The molecule has 0 unspecified atom stereocenters. The highest BCUT2D eigenvalue weighted by molar-refractivity contribution is 7.71. The number of H-pyrrole nitrogens is 1. The van der Waals surface area contributed by atoms with Crippen LogP contribution in [0.25, 0.3) is 0 Å². The molecular formula is C17H14Cl2N4O2S. The summed E-state index contributed by atoms with van der Waals surface area (Å²) >= 11 is 17.1. The molecule has 9 heteroatoms. The first-order valence-electron chi connectivity index (χ1n) is 7.48. The Morgan fingerprint density at radius 3 is 2.81 bits per heavy atom. The van der Waals surface area contributed by atoms with Gasteiger partial charge in [-0.3, -0.25) is 5.10 Å². The van der Waals surface area contributed by atoms with E-state index in [2.05, 4.69) is 15.3 Å². The third-order valence-electron chi connectivity index (χ3n) is 3.45. The van der Waals surface area contributed by atoms with E-state index in [-0.39, 0.29) is 0 Å². The lowest BCUT2D eigenvalue weighted by atomic mass is 10.2. The number of hydrogen-bond donors (Lipinski definition) is 1. The average Bonchev–Trinajstić information content (AvgIpc) is 3.06. The summed E-state index contributed by atoms with van der Waals surface area (Å²) in [6.07, 6.45) is 3.10. The predicted octanol–water partition coefficient (Wildman–Crippen LogP) is 4.72. The number of aromatic amines is 1. The summed E-state index contributed by atoms with van der Waals surface area (Å²) in [6, 6.07) is 10.9. The molecule has 134 valence electrons. The highest BCUT2D eigenvalue weighted by Crippen LogP contribution is 2.31.